The SMILES string of the molecule is O=[N+]([O-])c1cc(-c2cc(O)ccc2Cl)ccc1O. The van der Waals surface area contributed by atoms with Gasteiger partial charge in [0.2, 0.25) is 0 Å². The number of phenols is 2. The van der Waals surface area contributed by atoms with E-state index in [1.54, 1.807) is 0 Å². The van der Waals surface area contributed by atoms with Crippen molar-refractivity contribution in [2.24, 2.45) is 0 Å². The van der Waals surface area contributed by atoms with E-state index < -0.39 is 16.4 Å². The van der Waals surface area contributed by atoms with Crippen LogP contribution in [0.4, 0.5) is 5.69 Å². The molecule has 2 rings (SSSR count). The van der Waals surface area contributed by atoms with Gasteiger partial charge in [0.25, 0.3) is 0 Å². The van der Waals surface area contributed by atoms with Gasteiger partial charge in [-0.05, 0) is 29.8 Å². The summed E-state index contributed by atoms with van der Waals surface area (Å²) in [4.78, 5) is 10.0. The summed E-state index contributed by atoms with van der Waals surface area (Å²) >= 11 is 5.96. The van der Waals surface area contributed by atoms with E-state index in [4.69, 9.17) is 11.6 Å². The lowest BCUT2D eigenvalue weighted by atomic mass is 10.0. The van der Waals surface area contributed by atoms with E-state index in [0.717, 1.165) is 0 Å². The van der Waals surface area contributed by atoms with Crippen LogP contribution in [0.1, 0.15) is 0 Å². The molecule has 0 aromatic heterocycles. The normalized spacial score (nSPS) is 10.3. The summed E-state index contributed by atoms with van der Waals surface area (Å²) in [6.45, 7) is 0. The third-order valence-corrected chi connectivity index (χ3v) is 2.76. The molecule has 0 aliphatic heterocycles. The lowest BCUT2D eigenvalue weighted by Gasteiger charge is -2.06. The lowest BCUT2D eigenvalue weighted by Crippen LogP contribution is -1.89. The summed E-state index contributed by atoms with van der Waals surface area (Å²) in [5, 5.41) is 29.8. The molecule has 2 aromatic rings. The van der Waals surface area contributed by atoms with Crippen LogP contribution in [-0.2, 0) is 0 Å². The van der Waals surface area contributed by atoms with Crippen molar-refractivity contribution in [1.82, 2.24) is 0 Å². The number of hydrogen-bond donors (Lipinski definition) is 2. The van der Waals surface area contributed by atoms with Crippen molar-refractivity contribution in [1.29, 1.82) is 0 Å². The van der Waals surface area contributed by atoms with Gasteiger partial charge in [0.05, 0.1) is 4.92 Å². The maximum atomic E-state index is 10.7. The number of phenolic OH excluding ortho intramolecular Hbond substituents is 2. The molecule has 0 unspecified atom stereocenters. The fraction of sp³-hybridized carbons (Fsp3) is 0. The summed E-state index contributed by atoms with van der Waals surface area (Å²) in [6.07, 6.45) is 0. The molecule has 92 valence electrons. The molecule has 0 fully saturated rings. The number of nitro benzene ring substituents is 1. The van der Waals surface area contributed by atoms with Crippen LogP contribution < -0.4 is 0 Å². The van der Waals surface area contributed by atoms with Crippen LogP contribution in [-0.4, -0.2) is 15.1 Å². The molecule has 18 heavy (non-hydrogen) atoms. The Morgan fingerprint density at radius 3 is 2.50 bits per heavy atom. The molecule has 0 aliphatic carbocycles. The molecule has 0 radical (unpaired) electrons. The van der Waals surface area contributed by atoms with Crippen LogP contribution in [0, 0.1) is 10.1 Å². The fourth-order valence-corrected chi connectivity index (χ4v) is 1.80. The minimum atomic E-state index is -0.685. The number of nitrogens with zero attached hydrogens (tertiary/aromatic N) is 1. The highest BCUT2D eigenvalue weighted by atomic mass is 35.5. The van der Waals surface area contributed by atoms with E-state index in [1.165, 1.54) is 36.4 Å². The highest BCUT2D eigenvalue weighted by Crippen LogP contribution is 2.35. The van der Waals surface area contributed by atoms with Crippen LogP contribution >= 0.6 is 11.6 Å². The minimum absolute atomic E-state index is 0.00475. The van der Waals surface area contributed by atoms with Crippen LogP contribution in [0.25, 0.3) is 11.1 Å². The van der Waals surface area contributed by atoms with Gasteiger partial charge in [-0.15, -0.1) is 0 Å². The number of aromatic hydroxyl groups is 2. The van der Waals surface area contributed by atoms with Crippen molar-refractivity contribution in [3.05, 3.63) is 51.5 Å². The summed E-state index contributed by atoms with van der Waals surface area (Å²) in [5.74, 6) is -0.412. The van der Waals surface area contributed by atoms with Gasteiger partial charge in [-0.25, -0.2) is 0 Å². The highest BCUT2D eigenvalue weighted by molar-refractivity contribution is 6.33. The van der Waals surface area contributed by atoms with Gasteiger partial charge in [-0.3, -0.25) is 10.1 Å². The Hall–Kier alpha value is -2.27. The Bertz CT molecular complexity index is 627. The van der Waals surface area contributed by atoms with Crippen molar-refractivity contribution in [3.63, 3.8) is 0 Å². The Balaban J connectivity index is 2.61. The van der Waals surface area contributed by atoms with Gasteiger partial charge in [0, 0.05) is 16.7 Å². The molecule has 6 heteroatoms. The smallest absolute Gasteiger partial charge is 0.311 e. The van der Waals surface area contributed by atoms with Crippen LogP contribution in [0.2, 0.25) is 5.02 Å². The topological polar surface area (TPSA) is 83.6 Å². The molecule has 0 bridgehead atoms. The number of hydrogen-bond acceptors (Lipinski definition) is 4. The van der Waals surface area contributed by atoms with E-state index in [-0.39, 0.29) is 5.75 Å². The zero-order valence-corrected chi connectivity index (χ0v) is 9.76. The molecule has 0 heterocycles. The number of benzene rings is 2. The molecule has 0 saturated heterocycles. The molecule has 0 aliphatic rings. The largest absolute Gasteiger partial charge is 0.508 e. The first kappa shape index (κ1) is 12.2. The Morgan fingerprint density at radius 1 is 1.11 bits per heavy atom. The summed E-state index contributed by atoms with van der Waals surface area (Å²) in [5.41, 5.74) is 0.493. The molecule has 2 aromatic carbocycles. The second-order valence-electron chi connectivity index (χ2n) is 3.62. The zero-order valence-electron chi connectivity index (χ0n) is 9.00. The molecule has 0 atom stereocenters. The third kappa shape index (κ3) is 2.21. The first-order chi connectivity index (χ1) is 8.49. The quantitative estimate of drug-likeness (QED) is 0.644. The monoisotopic (exact) mass is 265 g/mol. The average Bonchev–Trinajstić information content (AvgIpc) is 2.33. The van der Waals surface area contributed by atoms with Gasteiger partial charge in [-0.1, -0.05) is 17.7 Å². The van der Waals surface area contributed by atoms with E-state index in [0.29, 0.717) is 16.1 Å². The van der Waals surface area contributed by atoms with Crippen molar-refractivity contribution in [3.8, 4) is 22.6 Å². The van der Waals surface area contributed by atoms with E-state index in [1.807, 2.05) is 0 Å². The fourth-order valence-electron chi connectivity index (χ4n) is 1.57. The number of halogens is 1. The highest BCUT2D eigenvalue weighted by Gasteiger charge is 2.15. The van der Waals surface area contributed by atoms with Gasteiger partial charge >= 0.3 is 5.69 Å². The van der Waals surface area contributed by atoms with E-state index in [9.17, 15) is 20.3 Å². The van der Waals surface area contributed by atoms with Gasteiger partial charge in [-0.2, -0.15) is 0 Å². The predicted molar refractivity (Wildman–Crippen MR) is 66.9 cm³/mol. The first-order valence-electron chi connectivity index (χ1n) is 4.95. The molecule has 0 saturated carbocycles. The molecular formula is C12H8ClNO4. The van der Waals surface area contributed by atoms with Crippen molar-refractivity contribution in [2.75, 3.05) is 0 Å². The summed E-state index contributed by atoms with van der Waals surface area (Å²) < 4.78 is 0. The molecule has 0 spiro atoms. The minimum Gasteiger partial charge on any atom is -0.508 e. The van der Waals surface area contributed by atoms with Crippen molar-refractivity contribution >= 4 is 17.3 Å². The van der Waals surface area contributed by atoms with Crippen molar-refractivity contribution in [2.45, 2.75) is 0 Å². The molecule has 5 nitrogen and oxygen atoms in total. The lowest BCUT2D eigenvalue weighted by molar-refractivity contribution is -0.385. The maximum Gasteiger partial charge on any atom is 0.311 e. The zero-order chi connectivity index (χ0) is 13.3. The first-order valence-corrected chi connectivity index (χ1v) is 5.33. The molecular weight excluding hydrogens is 258 g/mol. The number of nitro groups is 1. The standard InChI is InChI=1S/C12H8ClNO4/c13-10-3-2-8(15)6-9(10)7-1-4-12(16)11(5-7)14(17)18/h1-6,15-16H. The molecule has 2 N–H and O–H groups in total. The third-order valence-electron chi connectivity index (χ3n) is 2.43. The van der Waals surface area contributed by atoms with Crippen LogP contribution in [0.3, 0.4) is 0 Å². The van der Waals surface area contributed by atoms with E-state index in [2.05, 4.69) is 0 Å². The summed E-state index contributed by atoms with van der Waals surface area (Å²) in [6, 6.07) is 8.22. The predicted octanol–water partition coefficient (Wildman–Crippen LogP) is 3.33. The molecule has 0 amide bonds. The van der Waals surface area contributed by atoms with Gasteiger partial charge in [0.15, 0.2) is 5.75 Å². The second kappa shape index (κ2) is 4.54. The average molecular weight is 266 g/mol. The van der Waals surface area contributed by atoms with Crippen LogP contribution in [0.15, 0.2) is 36.4 Å². The van der Waals surface area contributed by atoms with Gasteiger partial charge < -0.3 is 10.2 Å². The Morgan fingerprint density at radius 2 is 1.83 bits per heavy atom. The van der Waals surface area contributed by atoms with E-state index >= 15 is 0 Å². The summed E-state index contributed by atoms with van der Waals surface area (Å²) in [7, 11) is 0. The number of rotatable bonds is 2. The van der Waals surface area contributed by atoms with Crippen molar-refractivity contribution < 1.29 is 15.1 Å². The Labute approximate surface area is 107 Å². The Kier molecular flexibility index (Phi) is 3.08. The maximum absolute atomic E-state index is 10.7. The van der Waals surface area contributed by atoms with Gasteiger partial charge in [0.1, 0.15) is 5.75 Å². The second-order valence-corrected chi connectivity index (χ2v) is 4.03. The van der Waals surface area contributed by atoms with Crippen LogP contribution in [0.5, 0.6) is 11.5 Å².